The van der Waals surface area contributed by atoms with Crippen LogP contribution < -0.4 is 11.4 Å². The molecule has 112 valence electrons. The van der Waals surface area contributed by atoms with E-state index in [-0.39, 0.29) is 0 Å². The lowest BCUT2D eigenvalue weighted by Gasteiger charge is -2.29. The van der Waals surface area contributed by atoms with E-state index in [0.29, 0.717) is 10.8 Å². The third-order valence-corrected chi connectivity index (χ3v) is 5.26. The quantitative estimate of drug-likeness (QED) is 0.624. The molecule has 8 heteroatoms. The molecule has 0 unspecified atom stereocenters. The lowest BCUT2D eigenvalue weighted by atomic mass is 9.87. The second kappa shape index (κ2) is 5.55. The number of nitrogen functional groups attached to an aromatic ring is 1. The van der Waals surface area contributed by atoms with E-state index >= 15 is 0 Å². The van der Waals surface area contributed by atoms with Crippen molar-refractivity contribution in [1.82, 2.24) is 9.55 Å². The molecule has 0 radical (unpaired) electrons. The third kappa shape index (κ3) is 2.32. The van der Waals surface area contributed by atoms with Gasteiger partial charge in [-0.05, 0) is 6.42 Å². The summed E-state index contributed by atoms with van der Waals surface area (Å²) in [6, 6.07) is 0. The van der Waals surface area contributed by atoms with Gasteiger partial charge in [0.15, 0.2) is 24.0 Å². The van der Waals surface area contributed by atoms with E-state index in [4.69, 9.17) is 10.5 Å². The fourth-order valence-electron chi connectivity index (χ4n) is 2.45. The highest BCUT2D eigenvalue weighted by atomic mass is 127. The number of ether oxygens (including phenoxy) is 1. The highest BCUT2D eigenvalue weighted by Gasteiger charge is 2.52. The van der Waals surface area contributed by atoms with Crippen molar-refractivity contribution >= 4 is 28.4 Å². The van der Waals surface area contributed by atoms with Crippen molar-refractivity contribution < 1.29 is 13.5 Å². The largest absolute Gasteiger partial charge is 0.381 e. The van der Waals surface area contributed by atoms with Gasteiger partial charge in [-0.25, -0.2) is 13.6 Å². The Kier molecular flexibility index (Phi) is 4.33. The first-order chi connectivity index (χ1) is 9.36. The van der Waals surface area contributed by atoms with E-state index in [1.165, 1.54) is 0 Å². The predicted molar refractivity (Wildman–Crippen MR) is 79.0 cm³/mol. The molecule has 0 aromatic carbocycles. The maximum absolute atomic E-state index is 14.5. The van der Waals surface area contributed by atoms with Crippen LogP contribution in [0.4, 0.5) is 14.6 Å². The molecular weight excluding hydrogens is 383 g/mol. The standard InChI is InChI=1S/C12H16F2IN3O2/c1-3-12(5-15)6(2)8(14)10(20-12)18-4-7(13)9(16)17-11(18)19/h4,6,8,10H,3,5H2,1-2H3,(H2,16,17,19)/t6-,8-,10+,12-/m0/s1. The summed E-state index contributed by atoms with van der Waals surface area (Å²) < 4.78 is 35.1. The molecule has 5 nitrogen and oxygen atoms in total. The molecule has 0 saturated carbocycles. The average Bonchev–Trinajstić information content (AvgIpc) is 2.68. The summed E-state index contributed by atoms with van der Waals surface area (Å²) in [4.78, 5) is 15.1. The van der Waals surface area contributed by atoms with Gasteiger partial charge in [-0.2, -0.15) is 4.98 Å². The van der Waals surface area contributed by atoms with Crippen molar-refractivity contribution in [2.45, 2.75) is 38.3 Å². The van der Waals surface area contributed by atoms with Crippen LogP contribution >= 0.6 is 22.6 Å². The predicted octanol–water partition coefficient (Wildman–Crippen LogP) is 2.05. The molecular formula is C12H16F2IN3O2. The number of hydrogen-bond acceptors (Lipinski definition) is 4. The number of anilines is 1. The van der Waals surface area contributed by atoms with E-state index < -0.39 is 41.2 Å². The van der Waals surface area contributed by atoms with Crippen molar-refractivity contribution in [3.8, 4) is 0 Å². The van der Waals surface area contributed by atoms with Gasteiger partial charge in [0, 0.05) is 10.3 Å². The Morgan fingerprint density at radius 1 is 1.65 bits per heavy atom. The Morgan fingerprint density at radius 2 is 2.30 bits per heavy atom. The highest BCUT2D eigenvalue weighted by molar-refractivity contribution is 14.1. The molecule has 2 rings (SSSR count). The van der Waals surface area contributed by atoms with Crippen LogP contribution in [0.1, 0.15) is 26.5 Å². The second-order valence-corrected chi connectivity index (χ2v) is 5.72. The minimum absolute atomic E-state index is 0.401. The summed E-state index contributed by atoms with van der Waals surface area (Å²) >= 11 is 2.13. The molecule has 1 aromatic heterocycles. The van der Waals surface area contributed by atoms with Crippen LogP contribution in [-0.4, -0.2) is 25.8 Å². The number of halogens is 3. The number of aromatic nitrogens is 2. The Labute approximate surface area is 128 Å². The summed E-state index contributed by atoms with van der Waals surface area (Å²) in [6.07, 6.45) is -1.12. The Hall–Kier alpha value is -0.770. The normalized spacial score (nSPS) is 33.5. The molecule has 2 heterocycles. The Balaban J connectivity index is 2.45. The molecule has 0 bridgehead atoms. The zero-order chi connectivity index (χ0) is 15.1. The number of rotatable bonds is 3. The van der Waals surface area contributed by atoms with E-state index in [1.807, 2.05) is 6.92 Å². The van der Waals surface area contributed by atoms with E-state index in [2.05, 4.69) is 27.6 Å². The van der Waals surface area contributed by atoms with Crippen LogP contribution in [0, 0.1) is 11.7 Å². The van der Waals surface area contributed by atoms with Crippen LogP contribution in [0.5, 0.6) is 0 Å². The summed E-state index contributed by atoms with van der Waals surface area (Å²) in [6.45, 7) is 3.63. The molecule has 0 amide bonds. The first kappa shape index (κ1) is 15.6. The molecule has 1 aromatic rings. The van der Waals surface area contributed by atoms with Gasteiger partial charge in [0.25, 0.3) is 0 Å². The summed E-state index contributed by atoms with van der Waals surface area (Å²) in [5, 5.41) is 0. The lowest BCUT2D eigenvalue weighted by molar-refractivity contribution is -0.0766. The lowest BCUT2D eigenvalue weighted by Crippen LogP contribution is -2.37. The van der Waals surface area contributed by atoms with Crippen molar-refractivity contribution in [1.29, 1.82) is 0 Å². The number of nitrogens with two attached hydrogens (primary N) is 1. The first-order valence-electron chi connectivity index (χ1n) is 6.28. The van der Waals surface area contributed by atoms with Gasteiger partial charge in [-0.3, -0.25) is 4.57 Å². The van der Waals surface area contributed by atoms with Gasteiger partial charge < -0.3 is 10.5 Å². The van der Waals surface area contributed by atoms with Crippen LogP contribution in [0.15, 0.2) is 11.0 Å². The molecule has 1 fully saturated rings. The third-order valence-electron chi connectivity index (χ3n) is 3.97. The van der Waals surface area contributed by atoms with Crippen molar-refractivity contribution in [2.75, 3.05) is 10.2 Å². The summed E-state index contributed by atoms with van der Waals surface area (Å²) in [5.41, 5.74) is 3.74. The summed E-state index contributed by atoms with van der Waals surface area (Å²) in [5.74, 6) is -1.76. The van der Waals surface area contributed by atoms with Crippen molar-refractivity contribution in [2.24, 2.45) is 5.92 Å². The molecule has 20 heavy (non-hydrogen) atoms. The molecule has 0 aliphatic carbocycles. The average molecular weight is 399 g/mol. The van der Waals surface area contributed by atoms with Crippen molar-refractivity contribution in [3.05, 3.63) is 22.5 Å². The number of nitrogens with zero attached hydrogens (tertiary/aromatic N) is 2. The molecule has 2 N–H and O–H groups in total. The maximum Gasteiger partial charge on any atom is 0.351 e. The molecule has 4 atom stereocenters. The van der Waals surface area contributed by atoms with Gasteiger partial charge in [-0.15, -0.1) is 0 Å². The fourth-order valence-corrected chi connectivity index (χ4v) is 3.87. The Morgan fingerprint density at radius 3 is 2.80 bits per heavy atom. The van der Waals surface area contributed by atoms with Crippen LogP contribution in [0.2, 0.25) is 0 Å². The van der Waals surface area contributed by atoms with E-state index in [9.17, 15) is 13.6 Å². The zero-order valence-corrected chi connectivity index (χ0v) is 13.3. The minimum Gasteiger partial charge on any atom is -0.381 e. The summed E-state index contributed by atoms with van der Waals surface area (Å²) in [7, 11) is 0. The van der Waals surface area contributed by atoms with Gasteiger partial charge in [0.1, 0.15) is 0 Å². The van der Waals surface area contributed by atoms with Crippen molar-refractivity contribution in [3.63, 3.8) is 0 Å². The smallest absolute Gasteiger partial charge is 0.351 e. The Bertz CT molecular complexity index is 562. The molecule has 0 spiro atoms. The topological polar surface area (TPSA) is 70.1 Å². The fraction of sp³-hybridized carbons (Fsp3) is 0.667. The second-order valence-electron chi connectivity index (χ2n) is 4.96. The van der Waals surface area contributed by atoms with Gasteiger partial charge in [0.2, 0.25) is 0 Å². The van der Waals surface area contributed by atoms with Gasteiger partial charge >= 0.3 is 5.69 Å². The van der Waals surface area contributed by atoms with Gasteiger partial charge in [0.05, 0.1) is 11.8 Å². The van der Waals surface area contributed by atoms with Crippen LogP contribution in [0.3, 0.4) is 0 Å². The van der Waals surface area contributed by atoms with E-state index in [1.54, 1.807) is 6.92 Å². The monoisotopic (exact) mass is 399 g/mol. The van der Waals surface area contributed by atoms with E-state index in [0.717, 1.165) is 10.8 Å². The first-order valence-corrected chi connectivity index (χ1v) is 7.81. The van der Waals surface area contributed by atoms with Crippen LogP contribution in [-0.2, 0) is 4.74 Å². The van der Waals surface area contributed by atoms with Gasteiger partial charge in [-0.1, -0.05) is 36.4 Å². The number of hydrogen-bond donors (Lipinski definition) is 1. The highest BCUT2D eigenvalue weighted by Crippen LogP contribution is 2.45. The number of alkyl halides is 2. The molecule has 1 aliphatic rings. The van der Waals surface area contributed by atoms with Crippen LogP contribution in [0.25, 0.3) is 0 Å². The SMILES string of the molecule is CC[C@@]1(CI)O[C@@H](n2cc(F)c(N)nc2=O)[C@@H](F)[C@@H]1C. The minimum atomic E-state index is -1.41. The zero-order valence-electron chi connectivity index (χ0n) is 11.1. The molecule has 1 saturated heterocycles. The maximum atomic E-state index is 14.5. The molecule has 1 aliphatic heterocycles.